The van der Waals surface area contributed by atoms with Crippen LogP contribution in [0.3, 0.4) is 0 Å². The maximum Gasteiger partial charge on any atom is 0.336 e. The van der Waals surface area contributed by atoms with Crippen molar-refractivity contribution >= 4 is 16.7 Å². The highest BCUT2D eigenvalue weighted by Crippen LogP contribution is 2.44. The molecule has 1 aromatic heterocycles. The van der Waals surface area contributed by atoms with E-state index in [1.54, 1.807) is 24.3 Å². The van der Waals surface area contributed by atoms with E-state index >= 15 is 0 Å². The first-order valence-corrected chi connectivity index (χ1v) is 8.64. The van der Waals surface area contributed by atoms with Crippen molar-refractivity contribution < 1.29 is 8.81 Å². The van der Waals surface area contributed by atoms with Crippen molar-refractivity contribution in [1.29, 1.82) is 0 Å². The highest BCUT2D eigenvalue weighted by atomic mass is 19.1. The van der Waals surface area contributed by atoms with Gasteiger partial charge in [-0.05, 0) is 61.9 Å². The van der Waals surface area contributed by atoms with Crippen molar-refractivity contribution in [2.45, 2.75) is 38.6 Å². The first kappa shape index (κ1) is 16.7. The van der Waals surface area contributed by atoms with E-state index in [9.17, 15) is 9.18 Å². The molecule has 0 saturated carbocycles. The summed E-state index contributed by atoms with van der Waals surface area (Å²) in [6, 6.07) is 13.7. The summed E-state index contributed by atoms with van der Waals surface area (Å²) in [4.78, 5) is 16.4. The van der Waals surface area contributed by atoms with Gasteiger partial charge in [0.25, 0.3) is 0 Å². The van der Waals surface area contributed by atoms with Gasteiger partial charge in [-0.2, -0.15) is 0 Å². The summed E-state index contributed by atoms with van der Waals surface area (Å²) in [6.07, 6.45) is 0. The Bertz CT molecular complexity index is 1120. The lowest BCUT2D eigenvalue weighted by Crippen LogP contribution is -2.46. The van der Waals surface area contributed by atoms with E-state index < -0.39 is 5.54 Å². The Morgan fingerprint density at radius 1 is 0.962 bits per heavy atom. The van der Waals surface area contributed by atoms with Crippen LogP contribution in [0.1, 0.15) is 44.4 Å². The predicted molar refractivity (Wildman–Crippen MR) is 102 cm³/mol. The van der Waals surface area contributed by atoms with Gasteiger partial charge in [0.2, 0.25) is 0 Å². The minimum absolute atomic E-state index is 0.242. The lowest BCUT2D eigenvalue weighted by atomic mass is 9.65. The van der Waals surface area contributed by atoms with Gasteiger partial charge in [0.15, 0.2) is 0 Å². The molecule has 0 fully saturated rings. The summed E-state index contributed by atoms with van der Waals surface area (Å²) in [5.74, 6) is -0.242. The molecule has 2 aromatic carbocycles. The number of fused-ring (bicyclic) bond motifs is 2. The van der Waals surface area contributed by atoms with E-state index in [1.165, 1.54) is 12.1 Å². The number of rotatable bonds is 1. The third kappa shape index (κ3) is 2.40. The summed E-state index contributed by atoms with van der Waals surface area (Å²) in [7, 11) is 0. The molecule has 0 saturated heterocycles. The molecule has 4 rings (SSSR count). The molecule has 0 bridgehead atoms. The van der Waals surface area contributed by atoms with Crippen molar-refractivity contribution in [1.82, 2.24) is 0 Å². The zero-order valence-electron chi connectivity index (χ0n) is 15.3. The molecule has 0 radical (unpaired) electrons. The maximum absolute atomic E-state index is 14.0. The second-order valence-electron chi connectivity index (χ2n) is 7.84. The van der Waals surface area contributed by atoms with Crippen LogP contribution in [0.2, 0.25) is 0 Å². The van der Waals surface area contributed by atoms with Crippen LogP contribution in [0.4, 0.5) is 4.39 Å². The van der Waals surface area contributed by atoms with Crippen LogP contribution < -0.4 is 5.63 Å². The lowest BCUT2D eigenvalue weighted by Gasteiger charge is -2.44. The Morgan fingerprint density at radius 2 is 1.73 bits per heavy atom. The van der Waals surface area contributed by atoms with Crippen LogP contribution in [-0.4, -0.2) is 11.3 Å². The van der Waals surface area contributed by atoms with Crippen molar-refractivity contribution in [2.24, 2.45) is 4.99 Å². The molecule has 0 N–H and O–H groups in total. The van der Waals surface area contributed by atoms with Crippen LogP contribution in [0.15, 0.2) is 62.7 Å². The lowest BCUT2D eigenvalue weighted by molar-refractivity contribution is 0.302. The molecule has 1 aliphatic heterocycles. The van der Waals surface area contributed by atoms with E-state index in [1.807, 2.05) is 12.1 Å². The molecule has 132 valence electrons. The van der Waals surface area contributed by atoms with E-state index in [0.717, 1.165) is 27.8 Å². The molecule has 0 spiro atoms. The van der Waals surface area contributed by atoms with Gasteiger partial charge in [0.1, 0.15) is 11.4 Å². The number of nitrogens with zero attached hydrogens (tertiary/aromatic N) is 1. The fourth-order valence-electron chi connectivity index (χ4n) is 3.49. The number of hydrogen-bond acceptors (Lipinski definition) is 3. The molecule has 4 heteroatoms. The normalized spacial score (nSPS) is 17.7. The zero-order valence-corrected chi connectivity index (χ0v) is 15.3. The van der Waals surface area contributed by atoms with Crippen molar-refractivity contribution in [3.63, 3.8) is 0 Å². The summed E-state index contributed by atoms with van der Waals surface area (Å²) in [5, 5.41) is 0.830. The molecule has 26 heavy (non-hydrogen) atoms. The van der Waals surface area contributed by atoms with Crippen molar-refractivity contribution in [2.75, 3.05) is 0 Å². The Kier molecular flexibility index (Phi) is 3.45. The first-order valence-electron chi connectivity index (χ1n) is 8.64. The molecule has 0 aliphatic carbocycles. The third-order valence-electron chi connectivity index (χ3n) is 5.72. The van der Waals surface area contributed by atoms with Crippen LogP contribution in [-0.2, 0) is 5.41 Å². The minimum Gasteiger partial charge on any atom is -0.423 e. The Balaban J connectivity index is 1.98. The van der Waals surface area contributed by atoms with Gasteiger partial charge in [-0.3, -0.25) is 4.99 Å². The van der Waals surface area contributed by atoms with E-state index in [0.29, 0.717) is 5.58 Å². The first-order chi connectivity index (χ1) is 12.2. The van der Waals surface area contributed by atoms with Gasteiger partial charge in [-0.15, -0.1) is 0 Å². The predicted octanol–water partition coefficient (Wildman–Crippen LogP) is 4.84. The van der Waals surface area contributed by atoms with Crippen molar-refractivity contribution in [3.8, 4) is 0 Å². The Labute approximate surface area is 151 Å². The fraction of sp³-hybridized carbons (Fsp3) is 0.273. The molecular formula is C22H20FNO2. The summed E-state index contributed by atoms with van der Waals surface area (Å²) in [5.41, 5.74) is 3.10. The Hall–Kier alpha value is -2.75. The highest BCUT2D eigenvalue weighted by Gasteiger charge is 2.44. The number of benzene rings is 2. The standard InChI is InChI=1S/C22H20FNO2/c1-21(2)17-12-15(23)7-8-16(17)20(24-22(21,3)4)14-5-9-18-13(11-14)6-10-19(25)26-18/h5-12H,1-4H3. The monoisotopic (exact) mass is 349 g/mol. The van der Waals surface area contributed by atoms with Crippen LogP contribution in [0.25, 0.3) is 11.0 Å². The van der Waals surface area contributed by atoms with Crippen LogP contribution in [0, 0.1) is 5.82 Å². The van der Waals surface area contributed by atoms with E-state index in [2.05, 4.69) is 27.7 Å². The minimum atomic E-state index is -0.401. The highest BCUT2D eigenvalue weighted by molar-refractivity contribution is 6.16. The largest absolute Gasteiger partial charge is 0.423 e. The topological polar surface area (TPSA) is 42.6 Å². The van der Waals surface area contributed by atoms with Gasteiger partial charge in [-0.1, -0.05) is 13.8 Å². The summed E-state index contributed by atoms with van der Waals surface area (Å²) in [6.45, 7) is 8.34. The van der Waals surface area contributed by atoms with Crippen molar-refractivity contribution in [3.05, 3.63) is 81.5 Å². The SMILES string of the molecule is CC1(C)N=C(c2ccc3oc(=O)ccc3c2)c2ccc(F)cc2C1(C)C. The molecule has 3 aromatic rings. The van der Waals surface area contributed by atoms with Gasteiger partial charge in [0.05, 0.1) is 11.3 Å². The smallest absolute Gasteiger partial charge is 0.336 e. The summed E-state index contributed by atoms with van der Waals surface area (Å²) >= 11 is 0. The second-order valence-corrected chi connectivity index (χ2v) is 7.84. The van der Waals surface area contributed by atoms with Gasteiger partial charge < -0.3 is 4.42 Å². The van der Waals surface area contributed by atoms with Gasteiger partial charge in [-0.25, -0.2) is 9.18 Å². The molecule has 0 atom stereocenters. The summed E-state index contributed by atoms with van der Waals surface area (Å²) < 4.78 is 19.2. The second kappa shape index (κ2) is 5.37. The average Bonchev–Trinajstić information content (AvgIpc) is 2.58. The number of aliphatic imine (C=N–C) groups is 1. The van der Waals surface area contributed by atoms with E-state index in [4.69, 9.17) is 9.41 Å². The number of hydrogen-bond donors (Lipinski definition) is 0. The zero-order chi connectivity index (χ0) is 18.7. The molecule has 2 heterocycles. The van der Waals surface area contributed by atoms with Crippen LogP contribution >= 0.6 is 0 Å². The quantitative estimate of drug-likeness (QED) is 0.590. The van der Waals surface area contributed by atoms with Gasteiger partial charge in [0, 0.05) is 28.0 Å². The molecule has 0 unspecified atom stereocenters. The van der Waals surface area contributed by atoms with E-state index in [-0.39, 0.29) is 16.9 Å². The third-order valence-corrected chi connectivity index (χ3v) is 5.72. The maximum atomic E-state index is 14.0. The van der Waals surface area contributed by atoms with Gasteiger partial charge >= 0.3 is 5.63 Å². The fourth-order valence-corrected chi connectivity index (χ4v) is 3.49. The number of halogens is 1. The Morgan fingerprint density at radius 3 is 2.50 bits per heavy atom. The molecule has 0 amide bonds. The average molecular weight is 349 g/mol. The van der Waals surface area contributed by atoms with Crippen LogP contribution in [0.5, 0.6) is 0 Å². The molecule has 3 nitrogen and oxygen atoms in total. The molecule has 1 aliphatic rings. The molecular weight excluding hydrogens is 329 g/mol.